The summed E-state index contributed by atoms with van der Waals surface area (Å²) < 4.78 is 5.66. The van der Waals surface area contributed by atoms with Crippen LogP contribution in [0, 0.1) is 0 Å². The average Bonchev–Trinajstić information content (AvgIpc) is 3.34. The van der Waals surface area contributed by atoms with Crippen molar-refractivity contribution in [2.24, 2.45) is 0 Å². The minimum absolute atomic E-state index is 0.150. The van der Waals surface area contributed by atoms with Gasteiger partial charge in [0.2, 0.25) is 0 Å². The number of nitrogens with one attached hydrogen (secondary N) is 2. The highest BCUT2D eigenvalue weighted by Crippen LogP contribution is 2.28. The van der Waals surface area contributed by atoms with Crippen molar-refractivity contribution in [3.05, 3.63) is 89.4 Å². The third-order valence-electron chi connectivity index (χ3n) is 5.78. The highest BCUT2D eigenvalue weighted by Gasteiger charge is 2.28. The molecule has 0 fully saturated rings. The Hall–Kier alpha value is -3.38. The van der Waals surface area contributed by atoms with Gasteiger partial charge in [0, 0.05) is 25.3 Å². The van der Waals surface area contributed by atoms with Crippen molar-refractivity contribution in [3.8, 4) is 0 Å². The third kappa shape index (κ3) is 4.86. The number of hydrogen-bond acceptors (Lipinski definition) is 4. The number of carbonyl (C=O) groups is 2. The van der Waals surface area contributed by atoms with Gasteiger partial charge in [0.25, 0.3) is 0 Å². The lowest BCUT2D eigenvalue weighted by molar-refractivity contribution is -0.136. The molecule has 6 heteroatoms. The molecule has 0 saturated carbocycles. The van der Waals surface area contributed by atoms with Gasteiger partial charge in [0.05, 0.1) is 12.3 Å². The van der Waals surface area contributed by atoms with Gasteiger partial charge >= 0.3 is 11.8 Å². The molecule has 6 nitrogen and oxygen atoms in total. The van der Waals surface area contributed by atoms with Crippen LogP contribution in [-0.2, 0) is 29.0 Å². The van der Waals surface area contributed by atoms with Crippen LogP contribution in [-0.4, -0.2) is 29.8 Å². The van der Waals surface area contributed by atoms with Crippen LogP contribution in [0.3, 0.4) is 0 Å². The Bertz CT molecular complexity index is 1050. The van der Waals surface area contributed by atoms with E-state index >= 15 is 0 Å². The fourth-order valence-corrected chi connectivity index (χ4v) is 4.07. The summed E-state index contributed by atoms with van der Waals surface area (Å²) in [6.07, 6.45) is 3.35. The molecule has 0 spiro atoms. The number of carbonyl (C=O) groups excluding carboxylic acids is 2. The van der Waals surface area contributed by atoms with E-state index in [1.165, 1.54) is 11.1 Å². The van der Waals surface area contributed by atoms with Gasteiger partial charge in [-0.05, 0) is 47.7 Å². The Morgan fingerprint density at radius 2 is 1.77 bits per heavy atom. The maximum Gasteiger partial charge on any atom is 0.313 e. The zero-order valence-corrected chi connectivity index (χ0v) is 17.6. The predicted octanol–water partition coefficient (Wildman–Crippen LogP) is 3.70. The van der Waals surface area contributed by atoms with Crippen LogP contribution in [0.5, 0.6) is 0 Å². The number of para-hydroxylation sites is 1. The third-order valence-corrected chi connectivity index (χ3v) is 5.78. The molecule has 0 saturated heterocycles. The first-order chi connectivity index (χ1) is 15.2. The molecule has 2 aromatic carbocycles. The Balaban J connectivity index is 1.42. The molecule has 0 bridgehead atoms. The van der Waals surface area contributed by atoms with Crippen molar-refractivity contribution in [2.75, 3.05) is 18.4 Å². The van der Waals surface area contributed by atoms with Gasteiger partial charge in [-0.2, -0.15) is 0 Å². The summed E-state index contributed by atoms with van der Waals surface area (Å²) in [7, 11) is 0. The largest absolute Gasteiger partial charge is 0.468 e. The Morgan fingerprint density at radius 1 is 1.00 bits per heavy atom. The van der Waals surface area contributed by atoms with Crippen LogP contribution < -0.4 is 10.6 Å². The van der Waals surface area contributed by atoms with Crippen molar-refractivity contribution in [1.29, 1.82) is 0 Å². The Labute approximate surface area is 182 Å². The molecule has 1 aliphatic heterocycles. The number of furan rings is 1. The summed E-state index contributed by atoms with van der Waals surface area (Å²) in [5.74, 6) is -0.542. The molecule has 160 valence electrons. The number of nitrogens with zero attached hydrogens (tertiary/aromatic N) is 1. The van der Waals surface area contributed by atoms with E-state index in [-0.39, 0.29) is 12.6 Å². The SMILES string of the molecule is CCc1ccccc1NC(=O)C(=O)NC[C@@H](c1ccco1)N1CCc2ccccc2C1. The summed E-state index contributed by atoms with van der Waals surface area (Å²) in [4.78, 5) is 27.3. The molecule has 0 aliphatic carbocycles. The van der Waals surface area contributed by atoms with Crippen LogP contribution in [0.25, 0.3) is 0 Å². The molecule has 3 aromatic rings. The Morgan fingerprint density at radius 3 is 2.55 bits per heavy atom. The standard InChI is InChI=1S/C25H27N3O3/c1-2-18-8-5-6-11-21(18)27-25(30)24(29)26-16-22(23-12-7-15-31-23)28-14-13-19-9-3-4-10-20(19)17-28/h3-12,15,22H,2,13-14,16-17H2,1H3,(H,26,29)(H,27,30)/t22-/m0/s1. The van der Waals surface area contributed by atoms with E-state index in [1.807, 2.05) is 43.3 Å². The number of benzene rings is 2. The molecule has 2 heterocycles. The Kier molecular flexibility index (Phi) is 6.48. The lowest BCUT2D eigenvalue weighted by Crippen LogP contribution is -2.43. The summed E-state index contributed by atoms with van der Waals surface area (Å²) in [5.41, 5.74) is 4.30. The molecule has 0 radical (unpaired) electrons. The molecule has 1 atom stereocenters. The monoisotopic (exact) mass is 417 g/mol. The van der Waals surface area contributed by atoms with E-state index in [9.17, 15) is 9.59 Å². The van der Waals surface area contributed by atoms with Gasteiger partial charge in [-0.3, -0.25) is 14.5 Å². The maximum atomic E-state index is 12.5. The number of rotatable bonds is 6. The molecule has 2 amide bonds. The maximum absolute atomic E-state index is 12.5. The molecule has 1 aliphatic rings. The van der Waals surface area contributed by atoms with Gasteiger partial charge in [0.15, 0.2) is 0 Å². The van der Waals surface area contributed by atoms with Gasteiger partial charge in [0.1, 0.15) is 5.76 Å². The number of aryl methyl sites for hydroxylation is 1. The second-order valence-electron chi connectivity index (χ2n) is 7.70. The van der Waals surface area contributed by atoms with Gasteiger partial charge < -0.3 is 15.1 Å². The summed E-state index contributed by atoms with van der Waals surface area (Å²) in [6.45, 7) is 3.93. The summed E-state index contributed by atoms with van der Waals surface area (Å²) >= 11 is 0. The second-order valence-corrected chi connectivity index (χ2v) is 7.70. The number of hydrogen-bond donors (Lipinski definition) is 2. The van der Waals surface area contributed by atoms with Crippen molar-refractivity contribution in [2.45, 2.75) is 32.4 Å². The fourth-order valence-electron chi connectivity index (χ4n) is 4.07. The van der Waals surface area contributed by atoms with E-state index in [1.54, 1.807) is 12.3 Å². The van der Waals surface area contributed by atoms with Crippen molar-refractivity contribution in [3.63, 3.8) is 0 Å². The molecule has 1 aromatic heterocycles. The quantitative estimate of drug-likeness (QED) is 0.600. The second kappa shape index (κ2) is 9.62. The zero-order chi connectivity index (χ0) is 21.6. The van der Waals surface area contributed by atoms with Crippen LogP contribution in [0.15, 0.2) is 71.3 Å². The van der Waals surface area contributed by atoms with Crippen molar-refractivity contribution >= 4 is 17.5 Å². The summed E-state index contributed by atoms with van der Waals surface area (Å²) in [6, 6.07) is 19.5. The van der Waals surface area contributed by atoms with E-state index < -0.39 is 11.8 Å². The predicted molar refractivity (Wildman–Crippen MR) is 119 cm³/mol. The van der Waals surface area contributed by atoms with Crippen LogP contribution in [0.4, 0.5) is 5.69 Å². The number of fused-ring (bicyclic) bond motifs is 1. The van der Waals surface area contributed by atoms with Crippen molar-refractivity contribution in [1.82, 2.24) is 10.2 Å². The lowest BCUT2D eigenvalue weighted by Gasteiger charge is -2.34. The normalized spacial score (nSPS) is 14.5. The smallest absolute Gasteiger partial charge is 0.313 e. The molecular formula is C25H27N3O3. The van der Waals surface area contributed by atoms with Gasteiger partial charge in [-0.25, -0.2) is 0 Å². The van der Waals surface area contributed by atoms with Gasteiger partial charge in [-0.1, -0.05) is 49.4 Å². The van der Waals surface area contributed by atoms with E-state index in [4.69, 9.17) is 4.42 Å². The van der Waals surface area contributed by atoms with Crippen molar-refractivity contribution < 1.29 is 14.0 Å². The van der Waals surface area contributed by atoms with Crippen LogP contribution >= 0.6 is 0 Å². The lowest BCUT2D eigenvalue weighted by atomic mass is 9.98. The highest BCUT2D eigenvalue weighted by atomic mass is 16.3. The molecule has 31 heavy (non-hydrogen) atoms. The highest BCUT2D eigenvalue weighted by molar-refractivity contribution is 6.39. The minimum Gasteiger partial charge on any atom is -0.468 e. The molecule has 0 unspecified atom stereocenters. The van der Waals surface area contributed by atoms with Crippen LogP contribution in [0.1, 0.15) is 35.4 Å². The first-order valence-electron chi connectivity index (χ1n) is 10.7. The zero-order valence-electron chi connectivity index (χ0n) is 17.6. The van der Waals surface area contributed by atoms with E-state index in [0.29, 0.717) is 5.69 Å². The summed E-state index contributed by atoms with van der Waals surface area (Å²) in [5, 5.41) is 5.52. The molecule has 4 rings (SSSR count). The van der Waals surface area contributed by atoms with Crippen LogP contribution in [0.2, 0.25) is 0 Å². The average molecular weight is 418 g/mol. The van der Waals surface area contributed by atoms with E-state index in [2.05, 4.69) is 33.7 Å². The van der Waals surface area contributed by atoms with Gasteiger partial charge in [-0.15, -0.1) is 0 Å². The number of anilines is 1. The molecule has 2 N–H and O–H groups in total. The number of amides is 2. The minimum atomic E-state index is -0.664. The topological polar surface area (TPSA) is 74.6 Å². The van der Waals surface area contributed by atoms with E-state index in [0.717, 1.165) is 37.3 Å². The first-order valence-corrected chi connectivity index (χ1v) is 10.7. The first kappa shape index (κ1) is 20.9. The fraction of sp³-hybridized carbons (Fsp3) is 0.280. The molecular weight excluding hydrogens is 390 g/mol.